The quantitative estimate of drug-likeness (QED) is 0.343. The molecule has 6 nitrogen and oxygen atoms in total. The van der Waals surface area contributed by atoms with Crippen LogP contribution in [0.3, 0.4) is 0 Å². The summed E-state index contributed by atoms with van der Waals surface area (Å²) in [5.74, 6) is -0.845. The van der Waals surface area contributed by atoms with Gasteiger partial charge in [0.05, 0.1) is 0 Å². The van der Waals surface area contributed by atoms with E-state index >= 15 is 0 Å². The van der Waals surface area contributed by atoms with E-state index in [4.69, 9.17) is 25.5 Å². The van der Waals surface area contributed by atoms with Gasteiger partial charge in [-0.25, -0.2) is 4.79 Å². The van der Waals surface area contributed by atoms with Gasteiger partial charge in [0.15, 0.2) is 0 Å². The number of carbonyl (C=O) groups is 1. The minimum Gasteiger partial charge on any atom is -0.478 e. The summed E-state index contributed by atoms with van der Waals surface area (Å²) < 4.78 is 0. The van der Waals surface area contributed by atoms with Gasteiger partial charge in [-0.15, -0.1) is 0 Å². The lowest BCUT2D eigenvalue weighted by Gasteiger charge is -1.85. The Hall–Kier alpha value is -0.950. The van der Waals surface area contributed by atoms with Crippen LogP contribution in [0.1, 0.15) is 39.5 Å². The second-order valence-corrected chi connectivity index (χ2v) is 3.59. The van der Waals surface area contributed by atoms with E-state index in [9.17, 15) is 4.79 Å². The van der Waals surface area contributed by atoms with Crippen molar-refractivity contribution in [3.05, 3.63) is 11.6 Å². The lowest BCUT2D eigenvalue weighted by atomic mass is 10.3. The fourth-order valence-electron chi connectivity index (χ4n) is 0.571. The summed E-state index contributed by atoms with van der Waals surface area (Å²) in [6.07, 6.45) is 4.43. The number of hydrogen-bond acceptors (Lipinski definition) is 5. The summed E-state index contributed by atoms with van der Waals surface area (Å²) in [5, 5.41) is 40.5. The first-order valence-corrected chi connectivity index (χ1v) is 6.31. The highest BCUT2D eigenvalue weighted by molar-refractivity contribution is 5.85. The zero-order chi connectivity index (χ0) is 15.5. The minimum atomic E-state index is -0.845. The zero-order valence-electron chi connectivity index (χ0n) is 11.9. The van der Waals surface area contributed by atoms with Crippen LogP contribution >= 0.6 is 0 Å². The summed E-state index contributed by atoms with van der Waals surface area (Å²) in [5.41, 5.74) is 0.389. The molecule has 116 valence electrons. The van der Waals surface area contributed by atoms with Gasteiger partial charge >= 0.3 is 5.97 Å². The van der Waals surface area contributed by atoms with Crippen LogP contribution in [0.2, 0.25) is 0 Å². The van der Waals surface area contributed by atoms with E-state index in [1.165, 1.54) is 0 Å². The van der Waals surface area contributed by atoms with E-state index in [-0.39, 0.29) is 26.4 Å². The lowest BCUT2D eigenvalue weighted by molar-refractivity contribution is -0.132. The first-order valence-electron chi connectivity index (χ1n) is 6.31. The monoisotopic (exact) mass is 280 g/mol. The highest BCUT2D eigenvalue weighted by Crippen LogP contribution is 1.87. The fraction of sp³-hybridized carbons (Fsp3) is 0.769. The molecule has 0 aliphatic carbocycles. The van der Waals surface area contributed by atoms with Crippen LogP contribution in [-0.4, -0.2) is 57.9 Å². The molecule has 0 bridgehead atoms. The van der Waals surface area contributed by atoms with Gasteiger partial charge in [-0.1, -0.05) is 6.08 Å². The standard InChI is InChI=1S/C5H8O2.2C4H10O2/c1-3-4(2)5(6)7;2*5-3-1-2-4-6/h3H,1-2H3,(H,6,7);2*5-6H,1-4H2. The van der Waals surface area contributed by atoms with Crippen molar-refractivity contribution in [1.29, 1.82) is 0 Å². The second-order valence-electron chi connectivity index (χ2n) is 3.59. The summed E-state index contributed by atoms with van der Waals surface area (Å²) >= 11 is 0. The predicted molar refractivity (Wildman–Crippen MR) is 73.9 cm³/mol. The Morgan fingerprint density at radius 1 is 0.842 bits per heavy atom. The van der Waals surface area contributed by atoms with Gasteiger partial charge in [-0.2, -0.15) is 0 Å². The van der Waals surface area contributed by atoms with Crippen LogP contribution in [0.25, 0.3) is 0 Å². The summed E-state index contributed by atoms with van der Waals surface area (Å²) in [4.78, 5) is 9.86. The average molecular weight is 280 g/mol. The zero-order valence-corrected chi connectivity index (χ0v) is 11.9. The van der Waals surface area contributed by atoms with Crippen molar-refractivity contribution < 1.29 is 30.3 Å². The van der Waals surface area contributed by atoms with Crippen LogP contribution in [0.15, 0.2) is 11.6 Å². The Bertz CT molecular complexity index is 187. The van der Waals surface area contributed by atoms with Gasteiger partial charge in [-0.3, -0.25) is 0 Å². The van der Waals surface area contributed by atoms with E-state index in [0.29, 0.717) is 5.57 Å². The molecule has 0 saturated carbocycles. The van der Waals surface area contributed by atoms with Gasteiger partial charge in [0.1, 0.15) is 0 Å². The second kappa shape index (κ2) is 22.2. The van der Waals surface area contributed by atoms with Gasteiger partial charge < -0.3 is 25.5 Å². The van der Waals surface area contributed by atoms with Gasteiger partial charge in [0, 0.05) is 32.0 Å². The molecule has 5 N–H and O–H groups in total. The van der Waals surface area contributed by atoms with Crippen LogP contribution in [0.4, 0.5) is 0 Å². The smallest absolute Gasteiger partial charge is 0.330 e. The normalized spacial score (nSPS) is 9.89. The van der Waals surface area contributed by atoms with Crippen LogP contribution in [0, 0.1) is 0 Å². The molecule has 0 unspecified atom stereocenters. The van der Waals surface area contributed by atoms with E-state index in [2.05, 4.69) is 0 Å². The Morgan fingerprint density at radius 2 is 1.11 bits per heavy atom. The predicted octanol–water partition coefficient (Wildman–Crippen LogP) is 0.540. The van der Waals surface area contributed by atoms with Crippen molar-refractivity contribution >= 4 is 5.97 Å². The molecule has 0 atom stereocenters. The number of allylic oxidation sites excluding steroid dienone is 1. The number of hydrogen-bond donors (Lipinski definition) is 5. The molecular formula is C13H28O6. The maximum Gasteiger partial charge on any atom is 0.330 e. The highest BCUT2D eigenvalue weighted by atomic mass is 16.4. The van der Waals surface area contributed by atoms with Crippen molar-refractivity contribution in [2.24, 2.45) is 0 Å². The lowest BCUT2D eigenvalue weighted by Crippen LogP contribution is -1.93. The molecule has 0 aromatic rings. The summed E-state index contributed by atoms with van der Waals surface area (Å²) in [6.45, 7) is 4.04. The topological polar surface area (TPSA) is 118 Å². The van der Waals surface area contributed by atoms with Crippen LogP contribution in [0.5, 0.6) is 0 Å². The van der Waals surface area contributed by atoms with Gasteiger partial charge in [0.2, 0.25) is 0 Å². The highest BCUT2D eigenvalue weighted by Gasteiger charge is 1.93. The first-order chi connectivity index (χ1) is 9.01. The van der Waals surface area contributed by atoms with Gasteiger partial charge in [-0.05, 0) is 39.5 Å². The molecule has 0 aliphatic heterocycles. The van der Waals surface area contributed by atoms with Crippen LogP contribution in [-0.2, 0) is 4.79 Å². The number of carboxylic acid groups (broad SMARTS) is 1. The van der Waals surface area contributed by atoms with Gasteiger partial charge in [0.25, 0.3) is 0 Å². The maximum absolute atomic E-state index is 9.86. The van der Waals surface area contributed by atoms with Crippen LogP contribution < -0.4 is 0 Å². The summed E-state index contributed by atoms with van der Waals surface area (Å²) in [7, 11) is 0. The number of aliphatic hydroxyl groups is 4. The molecule has 0 aliphatic rings. The van der Waals surface area contributed by atoms with E-state index in [1.807, 2.05) is 0 Å². The molecule has 19 heavy (non-hydrogen) atoms. The van der Waals surface area contributed by atoms with Crippen molar-refractivity contribution in [1.82, 2.24) is 0 Å². The fourth-order valence-corrected chi connectivity index (χ4v) is 0.571. The third-order valence-corrected chi connectivity index (χ3v) is 1.90. The third-order valence-electron chi connectivity index (χ3n) is 1.90. The molecule has 0 fully saturated rings. The SMILES string of the molecule is CC=C(C)C(=O)O.OCCCCO.OCCCCO. The molecule has 0 rings (SSSR count). The molecule has 0 aromatic heterocycles. The average Bonchev–Trinajstić information content (AvgIpc) is 2.43. The van der Waals surface area contributed by atoms with Crippen molar-refractivity contribution in [3.63, 3.8) is 0 Å². The number of aliphatic hydroxyl groups excluding tert-OH is 4. The number of carboxylic acids is 1. The van der Waals surface area contributed by atoms with E-state index in [0.717, 1.165) is 25.7 Å². The molecule has 0 aromatic carbocycles. The molecule has 6 heteroatoms. The Labute approximate surface area is 115 Å². The Balaban J connectivity index is -0.000000203. The third kappa shape index (κ3) is 31.6. The molecule has 0 radical (unpaired) electrons. The number of unbranched alkanes of at least 4 members (excludes halogenated alkanes) is 2. The number of rotatable bonds is 7. The molecule has 0 saturated heterocycles. The number of aliphatic carboxylic acids is 1. The Morgan fingerprint density at radius 3 is 1.16 bits per heavy atom. The summed E-state index contributed by atoms with van der Waals surface area (Å²) in [6, 6.07) is 0. The molecular weight excluding hydrogens is 252 g/mol. The van der Waals surface area contributed by atoms with Crippen molar-refractivity contribution in [2.45, 2.75) is 39.5 Å². The van der Waals surface area contributed by atoms with Crippen molar-refractivity contribution in [3.8, 4) is 0 Å². The molecule has 0 spiro atoms. The first kappa shape index (κ1) is 23.2. The van der Waals surface area contributed by atoms with Crippen molar-refractivity contribution in [2.75, 3.05) is 26.4 Å². The maximum atomic E-state index is 9.86. The molecule has 0 heterocycles. The largest absolute Gasteiger partial charge is 0.478 e. The Kier molecular flexibility index (Phi) is 27.1. The minimum absolute atomic E-state index is 0.195. The van der Waals surface area contributed by atoms with E-state index in [1.54, 1.807) is 19.9 Å². The molecule has 0 amide bonds. The van der Waals surface area contributed by atoms with E-state index < -0.39 is 5.97 Å².